The first kappa shape index (κ1) is 14.6. The number of likely N-dealkylation sites (N-methyl/N-ethyl adjacent to an activating group) is 1. The van der Waals surface area contributed by atoms with E-state index < -0.39 is 0 Å². The lowest BCUT2D eigenvalue weighted by atomic mass is 9.79. The van der Waals surface area contributed by atoms with Crippen LogP contribution in [0.5, 0.6) is 0 Å². The molecule has 1 heterocycles. The molecule has 2 aliphatic rings. The molecular formula is C18H26N2O. The van der Waals surface area contributed by atoms with E-state index in [1.54, 1.807) is 0 Å². The summed E-state index contributed by atoms with van der Waals surface area (Å²) in [4.78, 5) is 15.2. The van der Waals surface area contributed by atoms with Gasteiger partial charge in [0.2, 0.25) is 5.91 Å². The highest BCUT2D eigenvalue weighted by Crippen LogP contribution is 2.41. The third-order valence-corrected chi connectivity index (χ3v) is 5.18. The molecular weight excluding hydrogens is 260 g/mol. The van der Waals surface area contributed by atoms with Crippen molar-refractivity contribution >= 4 is 11.6 Å². The highest BCUT2D eigenvalue weighted by atomic mass is 16.2. The number of benzene rings is 1. The molecule has 21 heavy (non-hydrogen) atoms. The predicted molar refractivity (Wildman–Crippen MR) is 86.7 cm³/mol. The second kappa shape index (κ2) is 5.45. The molecule has 0 bridgehead atoms. The number of anilines is 1. The molecule has 1 aliphatic heterocycles. The van der Waals surface area contributed by atoms with Crippen LogP contribution in [0.2, 0.25) is 0 Å². The molecule has 1 atom stereocenters. The Morgan fingerprint density at radius 3 is 2.52 bits per heavy atom. The Labute approximate surface area is 127 Å². The normalized spacial score (nSPS) is 25.8. The first-order valence-electron chi connectivity index (χ1n) is 8.14. The monoisotopic (exact) mass is 286 g/mol. The maximum atomic E-state index is 13.1. The molecule has 1 aromatic rings. The van der Waals surface area contributed by atoms with Crippen LogP contribution in [0.15, 0.2) is 24.3 Å². The van der Waals surface area contributed by atoms with Crippen molar-refractivity contribution in [3.63, 3.8) is 0 Å². The average molecular weight is 286 g/mol. The van der Waals surface area contributed by atoms with E-state index in [1.807, 2.05) is 7.05 Å². The van der Waals surface area contributed by atoms with Crippen LogP contribution in [-0.4, -0.2) is 25.0 Å². The fourth-order valence-electron chi connectivity index (χ4n) is 4.01. The molecule has 1 amide bonds. The Morgan fingerprint density at radius 1 is 1.19 bits per heavy atom. The summed E-state index contributed by atoms with van der Waals surface area (Å²) in [5.74, 6) is 0.252. The van der Waals surface area contributed by atoms with Gasteiger partial charge in [-0.25, -0.2) is 0 Å². The lowest BCUT2D eigenvalue weighted by molar-refractivity contribution is -0.121. The van der Waals surface area contributed by atoms with Gasteiger partial charge < -0.3 is 10.2 Å². The summed E-state index contributed by atoms with van der Waals surface area (Å²) in [6, 6.07) is 8.77. The van der Waals surface area contributed by atoms with Gasteiger partial charge in [0.05, 0.1) is 6.04 Å². The third-order valence-electron chi connectivity index (χ3n) is 5.18. The number of nitrogens with zero attached hydrogens (tertiary/aromatic N) is 1. The number of carbonyl (C=O) groups is 1. The molecule has 0 saturated heterocycles. The minimum Gasteiger partial charge on any atom is -0.309 e. The number of para-hydroxylation sites is 1. The van der Waals surface area contributed by atoms with E-state index in [0.717, 1.165) is 24.9 Å². The van der Waals surface area contributed by atoms with Gasteiger partial charge >= 0.3 is 0 Å². The summed E-state index contributed by atoms with van der Waals surface area (Å²) in [5, 5.41) is 3.25. The first-order chi connectivity index (χ1) is 10.0. The summed E-state index contributed by atoms with van der Waals surface area (Å²) in [6.07, 6.45) is 5.60. The lowest BCUT2D eigenvalue weighted by Crippen LogP contribution is -2.49. The van der Waals surface area contributed by atoms with E-state index in [0.29, 0.717) is 6.04 Å². The molecule has 1 N–H and O–H groups in total. The van der Waals surface area contributed by atoms with Crippen LogP contribution >= 0.6 is 0 Å². The zero-order valence-electron chi connectivity index (χ0n) is 13.4. The van der Waals surface area contributed by atoms with Crippen molar-refractivity contribution < 1.29 is 4.79 Å². The van der Waals surface area contributed by atoms with Crippen molar-refractivity contribution in [2.75, 3.05) is 11.9 Å². The SMILES string of the molecule is CNC1CC(C)(C)c2ccccc2N(C2CCCC2)C1=O. The number of amides is 1. The Bertz CT molecular complexity index is 532. The molecule has 1 unspecified atom stereocenters. The van der Waals surface area contributed by atoms with E-state index >= 15 is 0 Å². The van der Waals surface area contributed by atoms with E-state index in [9.17, 15) is 4.79 Å². The van der Waals surface area contributed by atoms with Gasteiger partial charge in [0.1, 0.15) is 0 Å². The standard InChI is InChI=1S/C18H26N2O/c1-18(2)12-15(19-3)17(21)20(13-8-4-5-9-13)16-11-7-6-10-14(16)18/h6-7,10-11,13,15,19H,4-5,8-9,12H2,1-3H3. The molecule has 1 fully saturated rings. The van der Waals surface area contributed by atoms with Gasteiger partial charge in [-0.1, -0.05) is 44.9 Å². The van der Waals surface area contributed by atoms with Crippen LogP contribution in [0, 0.1) is 0 Å². The van der Waals surface area contributed by atoms with Gasteiger partial charge in [0.15, 0.2) is 0 Å². The van der Waals surface area contributed by atoms with Crippen LogP contribution in [0.25, 0.3) is 0 Å². The Balaban J connectivity index is 2.12. The summed E-state index contributed by atoms with van der Waals surface area (Å²) < 4.78 is 0. The number of carbonyl (C=O) groups excluding carboxylic acids is 1. The van der Waals surface area contributed by atoms with E-state index in [1.165, 1.54) is 18.4 Å². The second-order valence-corrected chi connectivity index (χ2v) is 7.09. The van der Waals surface area contributed by atoms with E-state index in [4.69, 9.17) is 0 Å². The quantitative estimate of drug-likeness (QED) is 0.905. The van der Waals surface area contributed by atoms with Crippen molar-refractivity contribution in [2.45, 2.75) is 63.5 Å². The number of nitrogens with one attached hydrogen (secondary N) is 1. The molecule has 1 aliphatic carbocycles. The summed E-state index contributed by atoms with van der Waals surface area (Å²) >= 11 is 0. The Kier molecular flexibility index (Phi) is 3.78. The van der Waals surface area contributed by atoms with Gasteiger partial charge in [0.25, 0.3) is 0 Å². The highest BCUT2D eigenvalue weighted by molar-refractivity contribution is 5.99. The third kappa shape index (κ3) is 2.48. The predicted octanol–water partition coefficient (Wildman–Crippen LogP) is 3.23. The zero-order valence-corrected chi connectivity index (χ0v) is 13.4. The maximum Gasteiger partial charge on any atom is 0.244 e. The van der Waals surface area contributed by atoms with Crippen LogP contribution in [0.1, 0.15) is 51.5 Å². The van der Waals surface area contributed by atoms with Crippen LogP contribution in [0.3, 0.4) is 0 Å². The molecule has 3 rings (SSSR count). The number of rotatable bonds is 2. The van der Waals surface area contributed by atoms with Gasteiger partial charge in [-0.15, -0.1) is 0 Å². The topological polar surface area (TPSA) is 32.3 Å². The molecule has 1 aromatic carbocycles. The first-order valence-corrected chi connectivity index (χ1v) is 8.14. The Hall–Kier alpha value is -1.35. The summed E-state index contributed by atoms with van der Waals surface area (Å²) in [6.45, 7) is 4.50. The van der Waals surface area contributed by atoms with Gasteiger partial charge in [-0.2, -0.15) is 0 Å². The molecule has 3 nitrogen and oxygen atoms in total. The minimum absolute atomic E-state index is 0.00723. The van der Waals surface area contributed by atoms with Crippen molar-refractivity contribution in [3.05, 3.63) is 29.8 Å². The molecule has 0 radical (unpaired) electrons. The van der Waals surface area contributed by atoms with Gasteiger partial charge in [0, 0.05) is 11.7 Å². The summed E-state index contributed by atoms with van der Waals surface area (Å²) in [7, 11) is 1.90. The number of fused-ring (bicyclic) bond motifs is 1. The molecule has 1 saturated carbocycles. The van der Waals surface area contributed by atoms with Crippen molar-refractivity contribution in [1.82, 2.24) is 5.32 Å². The van der Waals surface area contributed by atoms with Crippen LogP contribution in [0.4, 0.5) is 5.69 Å². The zero-order chi connectivity index (χ0) is 15.0. The number of hydrogen-bond donors (Lipinski definition) is 1. The average Bonchev–Trinajstić information content (AvgIpc) is 2.96. The largest absolute Gasteiger partial charge is 0.309 e. The lowest BCUT2D eigenvalue weighted by Gasteiger charge is -2.31. The molecule has 3 heteroatoms. The van der Waals surface area contributed by atoms with Crippen LogP contribution in [-0.2, 0) is 10.2 Å². The highest BCUT2D eigenvalue weighted by Gasteiger charge is 2.41. The number of hydrogen-bond acceptors (Lipinski definition) is 2. The van der Waals surface area contributed by atoms with E-state index in [2.05, 4.69) is 48.3 Å². The van der Waals surface area contributed by atoms with Crippen molar-refractivity contribution in [3.8, 4) is 0 Å². The minimum atomic E-state index is -0.0898. The second-order valence-electron chi connectivity index (χ2n) is 7.09. The fraction of sp³-hybridized carbons (Fsp3) is 0.611. The Morgan fingerprint density at radius 2 is 1.86 bits per heavy atom. The van der Waals surface area contributed by atoms with Crippen molar-refractivity contribution in [2.24, 2.45) is 0 Å². The van der Waals surface area contributed by atoms with Gasteiger partial charge in [-0.3, -0.25) is 4.79 Å². The summed E-state index contributed by atoms with van der Waals surface area (Å²) in [5.41, 5.74) is 2.45. The maximum absolute atomic E-state index is 13.1. The smallest absolute Gasteiger partial charge is 0.244 e. The molecule has 114 valence electrons. The van der Waals surface area contributed by atoms with Crippen molar-refractivity contribution in [1.29, 1.82) is 0 Å². The molecule has 0 spiro atoms. The van der Waals surface area contributed by atoms with Crippen LogP contribution < -0.4 is 10.2 Å². The van der Waals surface area contributed by atoms with E-state index in [-0.39, 0.29) is 17.4 Å². The molecule has 0 aromatic heterocycles. The fourth-order valence-corrected chi connectivity index (χ4v) is 4.01. The van der Waals surface area contributed by atoms with Gasteiger partial charge in [-0.05, 0) is 43.4 Å².